The third-order valence-corrected chi connectivity index (χ3v) is 5.07. The summed E-state index contributed by atoms with van der Waals surface area (Å²) in [5.41, 5.74) is 2.11. The zero-order valence-corrected chi connectivity index (χ0v) is 11.3. The lowest BCUT2D eigenvalue weighted by Gasteiger charge is -2.49. The second kappa shape index (κ2) is 4.08. The highest BCUT2D eigenvalue weighted by molar-refractivity contribution is 5.98. The predicted molar refractivity (Wildman–Crippen MR) is 67.6 cm³/mol. The SMILES string of the molecule is CC(C)=C1C[C@@]2(C)[C@H](CCC(=O)[C@@H]2C)CC1=O. The van der Waals surface area contributed by atoms with Crippen LogP contribution in [-0.2, 0) is 9.59 Å². The zero-order chi connectivity index (χ0) is 12.8. The molecule has 0 aliphatic heterocycles. The van der Waals surface area contributed by atoms with Crippen molar-refractivity contribution in [1.82, 2.24) is 0 Å². The molecule has 0 saturated heterocycles. The Balaban J connectivity index is 2.37. The van der Waals surface area contributed by atoms with Gasteiger partial charge in [-0.05, 0) is 43.6 Å². The molecule has 0 radical (unpaired) electrons. The van der Waals surface area contributed by atoms with E-state index in [-0.39, 0.29) is 11.3 Å². The fourth-order valence-electron chi connectivity index (χ4n) is 3.50. The highest BCUT2D eigenvalue weighted by Crippen LogP contribution is 2.52. The van der Waals surface area contributed by atoms with Crippen LogP contribution in [0.15, 0.2) is 11.1 Å². The lowest BCUT2D eigenvalue weighted by atomic mass is 9.54. The molecular formula is C15H22O2. The molecule has 0 bridgehead atoms. The standard InChI is InChI=1S/C15H22O2/c1-9(2)12-8-15(4)10(3)13(16)6-5-11(15)7-14(12)17/h10-11H,5-8H2,1-4H3/t10-,11+,15+/m0/s1. The highest BCUT2D eigenvalue weighted by Gasteiger charge is 2.49. The number of ketones is 2. The number of hydrogen-bond donors (Lipinski definition) is 0. The Morgan fingerprint density at radius 3 is 2.53 bits per heavy atom. The van der Waals surface area contributed by atoms with Gasteiger partial charge in [0.25, 0.3) is 0 Å². The smallest absolute Gasteiger partial charge is 0.159 e. The Kier molecular flexibility index (Phi) is 3.01. The van der Waals surface area contributed by atoms with E-state index in [1.54, 1.807) is 0 Å². The molecule has 0 aromatic rings. The molecule has 2 nitrogen and oxygen atoms in total. The minimum atomic E-state index is 0.00977. The van der Waals surface area contributed by atoms with Gasteiger partial charge in [-0.15, -0.1) is 0 Å². The molecule has 17 heavy (non-hydrogen) atoms. The average molecular weight is 234 g/mol. The van der Waals surface area contributed by atoms with Crippen LogP contribution in [0.4, 0.5) is 0 Å². The molecule has 0 spiro atoms. The van der Waals surface area contributed by atoms with E-state index in [9.17, 15) is 9.59 Å². The van der Waals surface area contributed by atoms with Crippen LogP contribution in [0.1, 0.15) is 53.4 Å². The Labute approximate surface area is 103 Å². The van der Waals surface area contributed by atoms with E-state index in [1.165, 1.54) is 0 Å². The van der Waals surface area contributed by atoms with Crippen LogP contribution in [0.2, 0.25) is 0 Å². The summed E-state index contributed by atoms with van der Waals surface area (Å²) in [7, 11) is 0. The van der Waals surface area contributed by atoms with Crippen molar-refractivity contribution in [2.45, 2.75) is 53.4 Å². The van der Waals surface area contributed by atoms with Gasteiger partial charge in [0.1, 0.15) is 5.78 Å². The van der Waals surface area contributed by atoms with Crippen molar-refractivity contribution in [2.24, 2.45) is 17.3 Å². The van der Waals surface area contributed by atoms with Gasteiger partial charge < -0.3 is 0 Å². The van der Waals surface area contributed by atoms with Crippen LogP contribution in [0.25, 0.3) is 0 Å². The monoisotopic (exact) mass is 234 g/mol. The molecule has 94 valence electrons. The van der Waals surface area contributed by atoms with E-state index in [0.29, 0.717) is 30.3 Å². The highest BCUT2D eigenvalue weighted by atomic mass is 16.1. The van der Waals surface area contributed by atoms with Crippen molar-refractivity contribution >= 4 is 11.6 Å². The van der Waals surface area contributed by atoms with E-state index < -0.39 is 0 Å². The van der Waals surface area contributed by atoms with E-state index in [1.807, 2.05) is 20.8 Å². The fraction of sp³-hybridized carbons (Fsp3) is 0.733. The largest absolute Gasteiger partial charge is 0.299 e. The molecule has 2 aliphatic rings. The summed E-state index contributed by atoms with van der Waals surface area (Å²) in [6, 6.07) is 0. The van der Waals surface area contributed by atoms with Gasteiger partial charge in [0.2, 0.25) is 0 Å². The first-order chi connectivity index (χ1) is 7.86. The first-order valence-corrected chi connectivity index (χ1v) is 6.58. The Bertz CT molecular complexity index is 401. The molecule has 0 amide bonds. The molecule has 2 fully saturated rings. The van der Waals surface area contributed by atoms with Gasteiger partial charge in [-0.1, -0.05) is 19.4 Å². The van der Waals surface area contributed by atoms with Crippen molar-refractivity contribution in [3.63, 3.8) is 0 Å². The second-order valence-electron chi connectivity index (χ2n) is 6.21. The number of carbonyl (C=O) groups is 2. The number of hydrogen-bond acceptors (Lipinski definition) is 2. The molecule has 0 aromatic heterocycles. The Morgan fingerprint density at radius 1 is 1.29 bits per heavy atom. The molecule has 3 atom stereocenters. The topological polar surface area (TPSA) is 34.1 Å². The lowest BCUT2D eigenvalue weighted by molar-refractivity contribution is -0.137. The van der Waals surface area contributed by atoms with Gasteiger partial charge in [-0.25, -0.2) is 0 Å². The number of allylic oxidation sites excluding steroid dienone is 2. The second-order valence-corrected chi connectivity index (χ2v) is 6.21. The number of rotatable bonds is 0. The summed E-state index contributed by atoms with van der Waals surface area (Å²) in [6.07, 6.45) is 3.01. The third kappa shape index (κ3) is 1.88. The van der Waals surface area contributed by atoms with E-state index >= 15 is 0 Å². The Morgan fingerprint density at radius 2 is 1.94 bits per heavy atom. The lowest BCUT2D eigenvalue weighted by Crippen LogP contribution is -2.47. The quantitative estimate of drug-likeness (QED) is 0.603. The molecular weight excluding hydrogens is 212 g/mol. The molecule has 0 aromatic carbocycles. The van der Waals surface area contributed by atoms with Crippen molar-refractivity contribution in [3.8, 4) is 0 Å². The summed E-state index contributed by atoms with van der Waals surface area (Å²) >= 11 is 0. The molecule has 0 heterocycles. The van der Waals surface area contributed by atoms with Gasteiger partial charge in [-0.3, -0.25) is 9.59 Å². The summed E-state index contributed by atoms with van der Waals surface area (Å²) < 4.78 is 0. The van der Waals surface area contributed by atoms with Gasteiger partial charge in [-0.2, -0.15) is 0 Å². The van der Waals surface area contributed by atoms with E-state index in [2.05, 4.69) is 6.92 Å². The third-order valence-electron chi connectivity index (χ3n) is 5.07. The van der Waals surface area contributed by atoms with Crippen molar-refractivity contribution < 1.29 is 9.59 Å². The van der Waals surface area contributed by atoms with Crippen LogP contribution >= 0.6 is 0 Å². The Hall–Kier alpha value is -0.920. The maximum Gasteiger partial charge on any atom is 0.159 e. The summed E-state index contributed by atoms with van der Waals surface area (Å²) in [5.74, 6) is 1.20. The maximum atomic E-state index is 12.1. The summed E-state index contributed by atoms with van der Waals surface area (Å²) in [5, 5.41) is 0. The number of fused-ring (bicyclic) bond motifs is 1. The van der Waals surface area contributed by atoms with Crippen molar-refractivity contribution in [3.05, 3.63) is 11.1 Å². The van der Waals surface area contributed by atoms with Gasteiger partial charge in [0.05, 0.1) is 0 Å². The molecule has 2 saturated carbocycles. The molecule has 0 N–H and O–H groups in total. The average Bonchev–Trinajstić information content (AvgIpc) is 2.26. The molecule has 0 unspecified atom stereocenters. The van der Waals surface area contributed by atoms with E-state index in [0.717, 1.165) is 24.0 Å². The van der Waals surface area contributed by atoms with Crippen LogP contribution in [0.5, 0.6) is 0 Å². The predicted octanol–water partition coefficient (Wildman–Crippen LogP) is 3.31. The normalized spacial score (nSPS) is 38.0. The van der Waals surface area contributed by atoms with Crippen molar-refractivity contribution in [2.75, 3.05) is 0 Å². The molecule has 2 rings (SSSR count). The number of Topliss-reactive ketones (excluding diaryl/α,β-unsaturated/α-hetero) is 2. The van der Waals surface area contributed by atoms with Gasteiger partial charge >= 0.3 is 0 Å². The zero-order valence-electron chi connectivity index (χ0n) is 11.3. The first kappa shape index (κ1) is 12.5. The first-order valence-electron chi connectivity index (χ1n) is 6.58. The summed E-state index contributed by atoms with van der Waals surface area (Å²) in [4.78, 5) is 24.0. The molecule has 2 aliphatic carbocycles. The number of carbonyl (C=O) groups excluding carboxylic acids is 2. The van der Waals surface area contributed by atoms with Crippen LogP contribution in [-0.4, -0.2) is 11.6 Å². The summed E-state index contributed by atoms with van der Waals surface area (Å²) in [6.45, 7) is 8.26. The minimum Gasteiger partial charge on any atom is -0.299 e. The van der Waals surface area contributed by atoms with Gasteiger partial charge in [0, 0.05) is 18.8 Å². The minimum absolute atomic E-state index is 0.00977. The maximum absolute atomic E-state index is 12.1. The van der Waals surface area contributed by atoms with Crippen molar-refractivity contribution in [1.29, 1.82) is 0 Å². The fourth-order valence-corrected chi connectivity index (χ4v) is 3.50. The van der Waals surface area contributed by atoms with Crippen LogP contribution < -0.4 is 0 Å². The van der Waals surface area contributed by atoms with Crippen LogP contribution in [0, 0.1) is 17.3 Å². The van der Waals surface area contributed by atoms with Crippen LogP contribution in [0.3, 0.4) is 0 Å². The van der Waals surface area contributed by atoms with E-state index in [4.69, 9.17) is 0 Å². The van der Waals surface area contributed by atoms with Gasteiger partial charge in [0.15, 0.2) is 5.78 Å². The molecule has 2 heteroatoms.